The van der Waals surface area contributed by atoms with E-state index in [2.05, 4.69) is 161 Å². The van der Waals surface area contributed by atoms with Gasteiger partial charge in [-0.05, 0) is 154 Å². The Bertz CT molecular complexity index is 2420. The molecule has 572 valence electrons. The quantitative estimate of drug-likeness (QED) is 0.0169. The summed E-state index contributed by atoms with van der Waals surface area (Å²) in [4.78, 5) is 72.9. The van der Waals surface area contributed by atoms with Crippen LogP contribution in [-0.2, 0) is 65.4 Å². The van der Waals surface area contributed by atoms with Gasteiger partial charge in [-0.1, -0.05) is 251 Å². The fourth-order valence-electron chi connectivity index (χ4n) is 9.76. The number of phosphoric ester groups is 2. The van der Waals surface area contributed by atoms with E-state index in [0.717, 1.165) is 193 Å². The second-order valence-electron chi connectivity index (χ2n) is 25.2. The average molecular weight is 1440 g/mol. The molecule has 0 rings (SSSR count). The molecule has 0 radical (unpaired) electrons. The van der Waals surface area contributed by atoms with Crippen LogP contribution in [-0.4, -0.2) is 96.7 Å². The molecule has 19 heteroatoms. The lowest BCUT2D eigenvalue weighted by molar-refractivity contribution is -0.161. The SMILES string of the molecule is CC/C=C\C/C=C\C/C=C\C/C=C\CCCCCCCCC(=O)OCC(COP(=O)(O)OCC(O)COP(=O)(O)OCC(COC(=O)CCCC/C=C\C/C=C\C/C=C\C/C=C\CC)OC(=O)CCCCCCC/C=C\CCCCCC)OC(=O)CCCCCCC/C=C\C/C=C\CCC. The van der Waals surface area contributed by atoms with E-state index in [1.807, 2.05) is 0 Å². The predicted octanol–water partition coefficient (Wildman–Crippen LogP) is 22.1. The van der Waals surface area contributed by atoms with Crippen molar-refractivity contribution >= 4 is 39.5 Å². The molecule has 0 heterocycles. The Hall–Kier alpha value is -4.80. The maximum absolute atomic E-state index is 13.1. The number of aliphatic hydroxyl groups is 1. The number of rotatable bonds is 71. The van der Waals surface area contributed by atoms with Crippen LogP contribution in [0.25, 0.3) is 0 Å². The lowest BCUT2D eigenvalue weighted by Crippen LogP contribution is -2.30. The van der Waals surface area contributed by atoms with Gasteiger partial charge in [-0.25, -0.2) is 9.13 Å². The molecule has 0 aromatic carbocycles. The van der Waals surface area contributed by atoms with Crippen LogP contribution < -0.4 is 0 Å². The second-order valence-corrected chi connectivity index (χ2v) is 28.1. The van der Waals surface area contributed by atoms with Crippen molar-refractivity contribution in [1.82, 2.24) is 0 Å². The number of hydrogen-bond donors (Lipinski definition) is 3. The highest BCUT2D eigenvalue weighted by atomic mass is 31.2. The highest BCUT2D eigenvalue weighted by Crippen LogP contribution is 2.45. The van der Waals surface area contributed by atoms with Crippen molar-refractivity contribution in [3.05, 3.63) is 134 Å². The van der Waals surface area contributed by atoms with Crippen molar-refractivity contribution in [3.8, 4) is 0 Å². The highest BCUT2D eigenvalue weighted by Gasteiger charge is 2.30. The van der Waals surface area contributed by atoms with E-state index in [9.17, 15) is 43.2 Å². The molecule has 0 aliphatic heterocycles. The molecule has 0 fully saturated rings. The number of allylic oxidation sites excluding steroid dienone is 22. The number of carbonyl (C=O) groups excluding carboxylic acids is 4. The van der Waals surface area contributed by atoms with Gasteiger partial charge < -0.3 is 33.8 Å². The molecule has 0 saturated heterocycles. The summed E-state index contributed by atoms with van der Waals surface area (Å²) in [6.45, 7) is 4.47. The lowest BCUT2D eigenvalue weighted by Gasteiger charge is -2.21. The van der Waals surface area contributed by atoms with Gasteiger partial charge in [0.15, 0.2) is 12.2 Å². The molecule has 5 unspecified atom stereocenters. The zero-order chi connectivity index (χ0) is 73.2. The van der Waals surface area contributed by atoms with E-state index in [4.69, 9.17) is 37.0 Å². The molecular formula is C81H136O17P2. The summed E-state index contributed by atoms with van der Waals surface area (Å²) in [5, 5.41) is 10.6. The minimum atomic E-state index is -4.99. The molecule has 0 saturated carbocycles. The lowest BCUT2D eigenvalue weighted by atomic mass is 10.1. The first kappa shape index (κ1) is 95.2. The van der Waals surface area contributed by atoms with Gasteiger partial charge >= 0.3 is 39.5 Å². The summed E-state index contributed by atoms with van der Waals surface area (Å²) in [5.74, 6) is -2.26. The third-order valence-corrected chi connectivity index (χ3v) is 17.5. The Balaban J connectivity index is 5.38. The van der Waals surface area contributed by atoms with Crippen LogP contribution >= 0.6 is 15.6 Å². The Labute approximate surface area is 605 Å². The van der Waals surface area contributed by atoms with Crippen LogP contribution in [0.5, 0.6) is 0 Å². The van der Waals surface area contributed by atoms with Gasteiger partial charge in [0.1, 0.15) is 19.3 Å². The summed E-state index contributed by atoms with van der Waals surface area (Å²) >= 11 is 0. The highest BCUT2D eigenvalue weighted by molar-refractivity contribution is 7.47. The van der Waals surface area contributed by atoms with Crippen molar-refractivity contribution in [2.45, 2.75) is 316 Å². The van der Waals surface area contributed by atoms with Gasteiger partial charge in [0.25, 0.3) is 0 Å². The third-order valence-electron chi connectivity index (χ3n) is 15.6. The van der Waals surface area contributed by atoms with Gasteiger partial charge in [0, 0.05) is 25.7 Å². The number of ether oxygens (including phenoxy) is 4. The predicted molar refractivity (Wildman–Crippen MR) is 408 cm³/mol. The molecule has 3 N–H and O–H groups in total. The maximum atomic E-state index is 13.1. The van der Waals surface area contributed by atoms with Crippen LogP contribution in [0.4, 0.5) is 0 Å². The summed E-state index contributed by atoms with van der Waals surface area (Å²) in [7, 11) is -9.98. The number of unbranched alkanes of at least 4 members (excludes halogenated alkanes) is 23. The van der Waals surface area contributed by atoms with Crippen LogP contribution in [0, 0.1) is 0 Å². The average Bonchev–Trinajstić information content (AvgIpc) is 0.935. The molecule has 0 aliphatic rings. The number of aliphatic hydroxyl groups excluding tert-OH is 1. The topological polar surface area (TPSA) is 237 Å². The van der Waals surface area contributed by atoms with Crippen LogP contribution in [0.3, 0.4) is 0 Å². The zero-order valence-corrected chi connectivity index (χ0v) is 64.1. The molecule has 0 aliphatic carbocycles. The normalized spacial score (nSPS) is 14.7. The van der Waals surface area contributed by atoms with E-state index < -0.39 is 97.5 Å². The van der Waals surface area contributed by atoms with Gasteiger partial charge in [0.05, 0.1) is 26.4 Å². The molecule has 0 bridgehead atoms. The fraction of sp³-hybridized carbons (Fsp3) is 0.679. The van der Waals surface area contributed by atoms with Gasteiger partial charge in [-0.3, -0.25) is 37.3 Å². The summed E-state index contributed by atoms with van der Waals surface area (Å²) < 4.78 is 68.4. The third kappa shape index (κ3) is 71.6. The first-order valence-electron chi connectivity index (χ1n) is 38.4. The van der Waals surface area contributed by atoms with E-state index in [1.54, 1.807) is 0 Å². The van der Waals surface area contributed by atoms with Crippen LogP contribution in [0.1, 0.15) is 297 Å². The van der Waals surface area contributed by atoms with E-state index >= 15 is 0 Å². The Kier molecular flexibility index (Phi) is 69.1. The number of hydrogen-bond acceptors (Lipinski definition) is 15. The second kappa shape index (κ2) is 72.5. The molecule has 0 amide bonds. The minimum absolute atomic E-state index is 0.0712. The summed E-state index contributed by atoms with van der Waals surface area (Å²) in [6.07, 6.45) is 80.2. The smallest absolute Gasteiger partial charge is 0.462 e. The standard InChI is InChI=1S/C81H136O17P2/c1-5-9-13-17-21-25-29-33-35-36-37-38-40-44-46-50-54-58-62-66-79(84)92-72-77(98-81(86)68-64-60-56-52-48-42-32-28-24-20-16-12-8-4)74-96-100(89,90)94-70-75(82)69-93-99(87,88)95-73-76(97-80(85)67-63-59-55-51-47-41-31-27-23-19-15-11-7-3)71-91-78(83)65-61-57-53-49-45-43-39-34-30-26-22-18-14-10-6-2/h9-10,13-14,16,20-22,25-28,31-35,37-39,45,49,75-77,82H,5-8,11-12,15,17-19,23-24,29-30,36,40-44,46-48,50-74H2,1-4H3,(H,87,88)(H,89,90)/b13-9-,14-10-,20-16-,25-21-,26-22-,31-27-,32-28-,35-33-,38-37-,39-34-,49-45-. The van der Waals surface area contributed by atoms with Crippen molar-refractivity contribution in [2.24, 2.45) is 0 Å². The first-order chi connectivity index (χ1) is 48.7. The van der Waals surface area contributed by atoms with Crippen LogP contribution in [0.15, 0.2) is 134 Å². The number of esters is 4. The molecule has 17 nitrogen and oxygen atoms in total. The largest absolute Gasteiger partial charge is 0.472 e. The number of carbonyl (C=O) groups is 4. The van der Waals surface area contributed by atoms with Gasteiger partial charge in [-0.15, -0.1) is 0 Å². The summed E-state index contributed by atoms with van der Waals surface area (Å²) in [5.41, 5.74) is 0. The molecule has 5 atom stereocenters. The van der Waals surface area contributed by atoms with Crippen molar-refractivity contribution in [1.29, 1.82) is 0 Å². The molecule has 0 aromatic rings. The van der Waals surface area contributed by atoms with E-state index in [0.29, 0.717) is 25.7 Å². The number of phosphoric acid groups is 2. The summed E-state index contributed by atoms with van der Waals surface area (Å²) in [6, 6.07) is 0. The molecule has 0 spiro atoms. The van der Waals surface area contributed by atoms with E-state index in [1.165, 1.54) is 25.7 Å². The van der Waals surface area contributed by atoms with Crippen molar-refractivity contribution in [3.63, 3.8) is 0 Å². The van der Waals surface area contributed by atoms with Gasteiger partial charge in [0.2, 0.25) is 0 Å². The van der Waals surface area contributed by atoms with Gasteiger partial charge in [-0.2, -0.15) is 0 Å². The van der Waals surface area contributed by atoms with E-state index in [-0.39, 0.29) is 25.7 Å². The van der Waals surface area contributed by atoms with Crippen molar-refractivity contribution < 1.29 is 80.2 Å². The molecular weight excluding hydrogens is 1310 g/mol. The fourth-order valence-corrected chi connectivity index (χ4v) is 11.3. The molecule has 100 heavy (non-hydrogen) atoms. The Morgan fingerprint density at radius 3 is 0.870 bits per heavy atom. The van der Waals surface area contributed by atoms with Crippen molar-refractivity contribution in [2.75, 3.05) is 39.6 Å². The Morgan fingerprint density at radius 2 is 0.540 bits per heavy atom. The van der Waals surface area contributed by atoms with Crippen LogP contribution in [0.2, 0.25) is 0 Å². The Morgan fingerprint density at radius 1 is 0.290 bits per heavy atom. The monoisotopic (exact) mass is 1440 g/mol. The zero-order valence-electron chi connectivity index (χ0n) is 62.3. The maximum Gasteiger partial charge on any atom is 0.472 e. The minimum Gasteiger partial charge on any atom is -0.462 e. The first-order valence-corrected chi connectivity index (χ1v) is 41.4. The molecule has 0 aromatic heterocycles.